The minimum absolute atomic E-state index is 0.0455. The largest absolute Gasteiger partial charge is 0.416 e. The summed E-state index contributed by atoms with van der Waals surface area (Å²) in [4.78, 5) is 11.8. The third kappa shape index (κ3) is 5.41. The highest BCUT2D eigenvalue weighted by Crippen LogP contribution is 2.29. The maximum absolute atomic E-state index is 12.4. The molecule has 1 amide bonds. The van der Waals surface area contributed by atoms with Crippen molar-refractivity contribution in [1.82, 2.24) is 5.32 Å². The molecule has 112 valence electrons. The molecule has 1 rings (SSSR count). The predicted octanol–water partition coefficient (Wildman–Crippen LogP) is 3.77. The lowest BCUT2D eigenvalue weighted by molar-refractivity contribution is -0.137. The molecular weight excluding hydrogens is 291 g/mol. The number of hydrogen-bond acceptors (Lipinski definition) is 1. The van der Waals surface area contributed by atoms with Crippen molar-refractivity contribution in [3.05, 3.63) is 35.4 Å². The first-order valence-corrected chi connectivity index (χ1v) is 6.70. The summed E-state index contributed by atoms with van der Waals surface area (Å²) in [6, 6.07) is 4.59. The molecule has 0 aromatic heterocycles. The number of carbonyl (C=O) groups is 1. The minimum Gasteiger partial charge on any atom is -0.351 e. The van der Waals surface area contributed by atoms with Gasteiger partial charge in [-0.05, 0) is 38.0 Å². The van der Waals surface area contributed by atoms with Gasteiger partial charge in [0.25, 0.3) is 0 Å². The zero-order valence-corrected chi connectivity index (χ0v) is 12.1. The molecule has 1 aromatic rings. The van der Waals surface area contributed by atoms with Crippen LogP contribution in [0.1, 0.15) is 31.4 Å². The molecule has 0 radical (unpaired) electrons. The first kappa shape index (κ1) is 16.8. The predicted molar refractivity (Wildman–Crippen MR) is 72.7 cm³/mol. The molecule has 0 fully saturated rings. The van der Waals surface area contributed by atoms with E-state index >= 15 is 0 Å². The number of benzene rings is 1. The van der Waals surface area contributed by atoms with Gasteiger partial charge in [-0.2, -0.15) is 13.2 Å². The van der Waals surface area contributed by atoms with Crippen LogP contribution in [0.5, 0.6) is 0 Å². The summed E-state index contributed by atoms with van der Waals surface area (Å²) >= 11 is 5.63. The molecule has 1 aromatic carbocycles. The number of rotatable bonds is 5. The molecule has 0 saturated heterocycles. The lowest BCUT2D eigenvalue weighted by atomic mass is 10.0. The molecule has 0 heterocycles. The summed E-state index contributed by atoms with van der Waals surface area (Å²) in [5, 5.41) is 2.80. The summed E-state index contributed by atoms with van der Waals surface area (Å²) in [5.74, 6) is 0.188. The number of amides is 1. The Bertz CT molecular complexity index is 454. The Hall–Kier alpha value is -1.23. The van der Waals surface area contributed by atoms with Crippen LogP contribution in [0.25, 0.3) is 0 Å². The summed E-state index contributed by atoms with van der Waals surface area (Å²) in [7, 11) is 0. The average Bonchev–Trinajstić information content (AvgIpc) is 2.27. The maximum Gasteiger partial charge on any atom is 0.416 e. The van der Waals surface area contributed by atoms with Gasteiger partial charge >= 0.3 is 6.18 Å². The molecule has 0 aliphatic rings. The van der Waals surface area contributed by atoms with Crippen molar-refractivity contribution in [1.29, 1.82) is 0 Å². The maximum atomic E-state index is 12.4. The zero-order valence-electron chi connectivity index (χ0n) is 11.4. The molecule has 0 aliphatic carbocycles. The smallest absolute Gasteiger partial charge is 0.351 e. The number of halogens is 4. The topological polar surface area (TPSA) is 29.1 Å². The molecule has 0 saturated carbocycles. The molecule has 20 heavy (non-hydrogen) atoms. The molecule has 0 bridgehead atoms. The van der Waals surface area contributed by atoms with Crippen LogP contribution in [0.2, 0.25) is 0 Å². The Morgan fingerprint density at radius 3 is 2.20 bits per heavy atom. The second-order valence-electron chi connectivity index (χ2n) is 5.24. The van der Waals surface area contributed by atoms with Gasteiger partial charge in [0.1, 0.15) is 0 Å². The van der Waals surface area contributed by atoms with Crippen LogP contribution in [-0.4, -0.2) is 17.3 Å². The van der Waals surface area contributed by atoms with E-state index in [1.54, 1.807) is 0 Å². The third-order valence-electron chi connectivity index (χ3n) is 2.84. The highest BCUT2D eigenvalue weighted by atomic mass is 35.5. The van der Waals surface area contributed by atoms with Crippen molar-refractivity contribution >= 4 is 17.5 Å². The second kappa shape index (κ2) is 6.48. The first-order chi connectivity index (χ1) is 9.14. The lowest BCUT2D eigenvalue weighted by Gasteiger charge is -2.25. The monoisotopic (exact) mass is 307 g/mol. The van der Waals surface area contributed by atoms with Crippen molar-refractivity contribution in [3.63, 3.8) is 0 Å². The molecule has 0 atom stereocenters. The van der Waals surface area contributed by atoms with E-state index in [-0.39, 0.29) is 12.3 Å². The van der Waals surface area contributed by atoms with Crippen molar-refractivity contribution in [2.45, 2.75) is 38.4 Å². The van der Waals surface area contributed by atoms with E-state index in [0.717, 1.165) is 12.1 Å². The standard InChI is InChI=1S/C14H17ClF3NO/c1-13(2,7-8-15)19-12(20)9-10-3-5-11(6-4-10)14(16,17)18/h3-6H,7-9H2,1-2H3,(H,19,20). The van der Waals surface area contributed by atoms with Crippen LogP contribution in [0, 0.1) is 0 Å². The van der Waals surface area contributed by atoms with Crippen LogP contribution in [-0.2, 0) is 17.4 Å². The van der Waals surface area contributed by atoms with E-state index in [1.807, 2.05) is 13.8 Å². The van der Waals surface area contributed by atoms with Gasteiger partial charge in [0.2, 0.25) is 5.91 Å². The number of carbonyl (C=O) groups excluding carboxylic acids is 1. The van der Waals surface area contributed by atoms with Crippen LogP contribution in [0.15, 0.2) is 24.3 Å². The Morgan fingerprint density at radius 1 is 1.20 bits per heavy atom. The summed E-state index contributed by atoms with van der Waals surface area (Å²) in [6.07, 6.45) is -3.69. The van der Waals surface area contributed by atoms with E-state index in [4.69, 9.17) is 11.6 Å². The molecule has 0 spiro atoms. The Labute approximate surface area is 121 Å². The SMILES string of the molecule is CC(C)(CCCl)NC(=O)Cc1ccc(C(F)(F)F)cc1. The molecule has 1 N–H and O–H groups in total. The zero-order chi connectivity index (χ0) is 15.4. The summed E-state index contributed by atoms with van der Waals surface area (Å²) < 4.78 is 37.2. The van der Waals surface area contributed by atoms with E-state index in [0.29, 0.717) is 17.9 Å². The van der Waals surface area contributed by atoms with Crippen molar-refractivity contribution in [2.75, 3.05) is 5.88 Å². The van der Waals surface area contributed by atoms with Gasteiger partial charge in [-0.15, -0.1) is 11.6 Å². The van der Waals surface area contributed by atoms with Gasteiger partial charge in [0, 0.05) is 11.4 Å². The fourth-order valence-electron chi connectivity index (χ4n) is 1.72. The van der Waals surface area contributed by atoms with E-state index in [1.165, 1.54) is 12.1 Å². The lowest BCUT2D eigenvalue weighted by Crippen LogP contribution is -2.44. The molecule has 0 unspecified atom stereocenters. The van der Waals surface area contributed by atoms with Crippen LogP contribution in [0.4, 0.5) is 13.2 Å². The van der Waals surface area contributed by atoms with E-state index < -0.39 is 17.3 Å². The molecule has 0 aliphatic heterocycles. The highest BCUT2D eigenvalue weighted by Gasteiger charge is 2.30. The average molecular weight is 308 g/mol. The van der Waals surface area contributed by atoms with Gasteiger partial charge in [-0.1, -0.05) is 12.1 Å². The van der Waals surface area contributed by atoms with E-state index in [9.17, 15) is 18.0 Å². The second-order valence-corrected chi connectivity index (χ2v) is 5.62. The van der Waals surface area contributed by atoms with Crippen molar-refractivity contribution < 1.29 is 18.0 Å². The minimum atomic E-state index is -4.36. The highest BCUT2D eigenvalue weighted by molar-refractivity contribution is 6.17. The van der Waals surface area contributed by atoms with E-state index in [2.05, 4.69) is 5.32 Å². The Balaban J connectivity index is 2.63. The number of hydrogen-bond donors (Lipinski definition) is 1. The number of nitrogens with one attached hydrogen (secondary N) is 1. The fraction of sp³-hybridized carbons (Fsp3) is 0.500. The Kier molecular flexibility index (Phi) is 5.45. The van der Waals surface area contributed by atoms with Gasteiger partial charge in [-0.25, -0.2) is 0 Å². The van der Waals surface area contributed by atoms with Crippen molar-refractivity contribution in [2.24, 2.45) is 0 Å². The van der Waals surface area contributed by atoms with Crippen molar-refractivity contribution in [3.8, 4) is 0 Å². The number of alkyl halides is 4. The Morgan fingerprint density at radius 2 is 1.75 bits per heavy atom. The quantitative estimate of drug-likeness (QED) is 0.824. The van der Waals surface area contributed by atoms with Crippen LogP contribution >= 0.6 is 11.6 Å². The summed E-state index contributed by atoms with van der Waals surface area (Å²) in [5.41, 5.74) is -0.605. The third-order valence-corrected chi connectivity index (χ3v) is 3.03. The van der Waals surface area contributed by atoms with Crippen LogP contribution < -0.4 is 5.32 Å². The normalized spacial score (nSPS) is 12.3. The van der Waals surface area contributed by atoms with Gasteiger partial charge < -0.3 is 5.32 Å². The fourth-order valence-corrected chi connectivity index (χ4v) is 2.19. The van der Waals surface area contributed by atoms with Crippen LogP contribution in [0.3, 0.4) is 0 Å². The van der Waals surface area contributed by atoms with Gasteiger partial charge in [0.15, 0.2) is 0 Å². The first-order valence-electron chi connectivity index (χ1n) is 6.17. The molecule has 6 heteroatoms. The summed E-state index contributed by atoms with van der Waals surface area (Å²) in [6.45, 7) is 3.69. The van der Waals surface area contributed by atoms with Gasteiger partial charge in [-0.3, -0.25) is 4.79 Å². The molecular formula is C14H17ClF3NO. The van der Waals surface area contributed by atoms with Gasteiger partial charge in [0.05, 0.1) is 12.0 Å². The molecule has 2 nitrogen and oxygen atoms in total.